The van der Waals surface area contributed by atoms with E-state index in [-0.39, 0.29) is 5.91 Å². The molecule has 2 heterocycles. The largest absolute Gasteiger partial charge is 0.490 e. The normalized spacial score (nSPS) is 19.9. The molecular weight excluding hydrogens is 258 g/mol. The van der Waals surface area contributed by atoms with Crippen LogP contribution in [0.5, 0.6) is 11.5 Å². The van der Waals surface area contributed by atoms with Gasteiger partial charge >= 0.3 is 0 Å². The Morgan fingerprint density at radius 2 is 2.00 bits per heavy atom. The monoisotopic (exact) mass is 277 g/mol. The number of β-amino-alcohol motifs (C(OH)–C–C–N with tert-alkyl or cyclic N) is 1. The molecule has 5 heteroatoms. The summed E-state index contributed by atoms with van der Waals surface area (Å²) >= 11 is 0. The Hall–Kier alpha value is -1.75. The van der Waals surface area contributed by atoms with Gasteiger partial charge in [0.25, 0.3) is 0 Å². The number of nitrogens with zero attached hydrogens (tertiary/aromatic N) is 1. The molecule has 1 amide bonds. The molecule has 0 bridgehead atoms. The highest BCUT2D eigenvalue weighted by Crippen LogP contribution is 2.32. The number of hydrogen-bond donors (Lipinski definition) is 1. The number of rotatable bonds is 3. The maximum Gasteiger partial charge on any atom is 0.222 e. The first kappa shape index (κ1) is 13.2. The van der Waals surface area contributed by atoms with Crippen molar-refractivity contribution >= 4 is 5.91 Å². The van der Waals surface area contributed by atoms with Crippen LogP contribution in [0.15, 0.2) is 18.2 Å². The standard InChI is InChI=1S/C15H19NO4/c17-12(10-16-6-1-3-15(16)18)11-4-5-13-14(9-11)20-8-2-7-19-13/h4-5,9,12,17H,1-3,6-8,10H2. The molecule has 1 N–H and O–H groups in total. The molecule has 108 valence electrons. The lowest BCUT2D eigenvalue weighted by Gasteiger charge is -2.20. The third-order valence-corrected chi connectivity index (χ3v) is 3.72. The third-order valence-electron chi connectivity index (χ3n) is 3.72. The lowest BCUT2D eigenvalue weighted by molar-refractivity contribution is -0.128. The Kier molecular flexibility index (Phi) is 3.78. The second-order valence-electron chi connectivity index (χ2n) is 5.22. The molecule has 5 nitrogen and oxygen atoms in total. The minimum absolute atomic E-state index is 0.124. The van der Waals surface area contributed by atoms with Crippen LogP contribution in [0.3, 0.4) is 0 Å². The van der Waals surface area contributed by atoms with Gasteiger partial charge < -0.3 is 19.5 Å². The van der Waals surface area contributed by atoms with Crippen LogP contribution in [0.1, 0.15) is 30.9 Å². The van der Waals surface area contributed by atoms with Gasteiger partial charge in [0.2, 0.25) is 5.91 Å². The summed E-state index contributed by atoms with van der Waals surface area (Å²) in [6.07, 6.45) is 1.64. The number of ether oxygens (including phenoxy) is 2. The Labute approximate surface area is 118 Å². The molecular formula is C15H19NO4. The smallest absolute Gasteiger partial charge is 0.222 e. The first-order valence-corrected chi connectivity index (χ1v) is 7.09. The molecule has 20 heavy (non-hydrogen) atoms. The van der Waals surface area contributed by atoms with E-state index < -0.39 is 6.10 Å². The lowest BCUT2D eigenvalue weighted by atomic mass is 10.1. The van der Waals surface area contributed by atoms with Gasteiger partial charge in [-0.3, -0.25) is 4.79 Å². The number of carbonyl (C=O) groups is 1. The Bertz CT molecular complexity index is 503. The number of fused-ring (bicyclic) bond motifs is 1. The molecule has 1 saturated heterocycles. The zero-order valence-corrected chi connectivity index (χ0v) is 11.4. The van der Waals surface area contributed by atoms with Crippen LogP contribution in [0.4, 0.5) is 0 Å². The van der Waals surface area contributed by atoms with Crippen LogP contribution >= 0.6 is 0 Å². The van der Waals surface area contributed by atoms with Crippen molar-refractivity contribution in [1.82, 2.24) is 4.90 Å². The van der Waals surface area contributed by atoms with E-state index in [1.807, 2.05) is 18.2 Å². The fourth-order valence-corrected chi connectivity index (χ4v) is 2.60. The maximum absolute atomic E-state index is 11.6. The van der Waals surface area contributed by atoms with Crippen molar-refractivity contribution in [3.8, 4) is 11.5 Å². The number of hydrogen-bond acceptors (Lipinski definition) is 4. The summed E-state index contributed by atoms with van der Waals surface area (Å²) in [5.41, 5.74) is 0.758. The summed E-state index contributed by atoms with van der Waals surface area (Å²) < 4.78 is 11.2. The van der Waals surface area contributed by atoms with Crippen LogP contribution in [-0.4, -0.2) is 42.2 Å². The molecule has 1 atom stereocenters. The Morgan fingerprint density at radius 3 is 2.75 bits per heavy atom. The quantitative estimate of drug-likeness (QED) is 0.909. The van der Waals surface area contributed by atoms with Crippen molar-refractivity contribution < 1.29 is 19.4 Å². The fourth-order valence-electron chi connectivity index (χ4n) is 2.60. The highest BCUT2D eigenvalue weighted by molar-refractivity contribution is 5.78. The number of aliphatic hydroxyl groups excluding tert-OH is 1. The van der Waals surface area contributed by atoms with Gasteiger partial charge in [-0.25, -0.2) is 0 Å². The topological polar surface area (TPSA) is 59.0 Å². The second-order valence-corrected chi connectivity index (χ2v) is 5.22. The number of aliphatic hydroxyl groups is 1. The maximum atomic E-state index is 11.6. The number of likely N-dealkylation sites (tertiary alicyclic amines) is 1. The van der Waals surface area contributed by atoms with Gasteiger partial charge in [0, 0.05) is 19.4 Å². The van der Waals surface area contributed by atoms with Crippen LogP contribution in [0.2, 0.25) is 0 Å². The lowest BCUT2D eigenvalue weighted by Crippen LogP contribution is -2.29. The van der Waals surface area contributed by atoms with Crippen LogP contribution < -0.4 is 9.47 Å². The third kappa shape index (κ3) is 2.72. The summed E-state index contributed by atoms with van der Waals surface area (Å²) in [5.74, 6) is 1.51. The average molecular weight is 277 g/mol. The molecule has 0 saturated carbocycles. The summed E-state index contributed by atoms with van der Waals surface area (Å²) in [7, 11) is 0. The van der Waals surface area contributed by atoms with E-state index in [0.717, 1.165) is 30.7 Å². The van der Waals surface area contributed by atoms with Crippen LogP contribution in [-0.2, 0) is 4.79 Å². The Balaban J connectivity index is 1.73. The second kappa shape index (κ2) is 5.71. The molecule has 0 radical (unpaired) electrons. The molecule has 3 rings (SSSR count). The highest BCUT2D eigenvalue weighted by atomic mass is 16.5. The van der Waals surface area contributed by atoms with E-state index in [1.165, 1.54) is 0 Å². The van der Waals surface area contributed by atoms with Crippen molar-refractivity contribution in [3.05, 3.63) is 23.8 Å². The molecule has 1 unspecified atom stereocenters. The van der Waals surface area contributed by atoms with Gasteiger partial charge in [0.05, 0.1) is 25.9 Å². The van der Waals surface area contributed by atoms with Crippen molar-refractivity contribution in [3.63, 3.8) is 0 Å². The van der Waals surface area contributed by atoms with Crippen LogP contribution in [0.25, 0.3) is 0 Å². The molecule has 0 aromatic heterocycles. The number of benzene rings is 1. The van der Waals surface area contributed by atoms with E-state index in [4.69, 9.17) is 9.47 Å². The summed E-state index contributed by atoms with van der Waals surface area (Å²) in [4.78, 5) is 13.3. The number of carbonyl (C=O) groups excluding carboxylic acids is 1. The predicted molar refractivity (Wildman–Crippen MR) is 72.8 cm³/mol. The zero-order valence-electron chi connectivity index (χ0n) is 11.4. The molecule has 1 aromatic rings. The van der Waals surface area contributed by atoms with Crippen molar-refractivity contribution in [2.24, 2.45) is 0 Å². The summed E-state index contributed by atoms with van der Waals surface area (Å²) in [6.45, 7) is 2.35. The fraction of sp³-hybridized carbons (Fsp3) is 0.533. The van der Waals surface area contributed by atoms with Gasteiger partial charge in [-0.2, -0.15) is 0 Å². The molecule has 2 aliphatic heterocycles. The van der Waals surface area contributed by atoms with Gasteiger partial charge in [-0.15, -0.1) is 0 Å². The first-order valence-electron chi connectivity index (χ1n) is 7.09. The van der Waals surface area contributed by atoms with Gasteiger partial charge in [-0.05, 0) is 24.1 Å². The Morgan fingerprint density at radius 1 is 1.20 bits per heavy atom. The molecule has 0 spiro atoms. The minimum atomic E-state index is -0.686. The highest BCUT2D eigenvalue weighted by Gasteiger charge is 2.24. The molecule has 2 aliphatic rings. The average Bonchev–Trinajstić information content (AvgIpc) is 2.73. The van der Waals surface area contributed by atoms with E-state index in [1.54, 1.807) is 4.90 Å². The first-order chi connectivity index (χ1) is 9.74. The predicted octanol–water partition coefficient (Wildman–Crippen LogP) is 1.50. The zero-order chi connectivity index (χ0) is 13.9. The van der Waals surface area contributed by atoms with Crippen molar-refractivity contribution in [1.29, 1.82) is 0 Å². The molecule has 0 aliphatic carbocycles. The summed E-state index contributed by atoms with van der Waals surface area (Å²) in [5, 5.41) is 10.3. The van der Waals surface area contributed by atoms with E-state index in [9.17, 15) is 9.90 Å². The van der Waals surface area contributed by atoms with Crippen molar-refractivity contribution in [2.45, 2.75) is 25.4 Å². The number of amides is 1. The summed E-state index contributed by atoms with van der Waals surface area (Å²) in [6, 6.07) is 5.47. The SMILES string of the molecule is O=C1CCCN1CC(O)c1ccc2c(c1)OCCCO2. The van der Waals surface area contributed by atoms with Gasteiger partial charge in [-0.1, -0.05) is 6.07 Å². The minimum Gasteiger partial charge on any atom is -0.490 e. The van der Waals surface area contributed by atoms with Gasteiger partial charge in [0.1, 0.15) is 0 Å². The van der Waals surface area contributed by atoms with E-state index >= 15 is 0 Å². The van der Waals surface area contributed by atoms with Crippen LogP contribution in [0, 0.1) is 0 Å². The molecule has 1 fully saturated rings. The van der Waals surface area contributed by atoms with Gasteiger partial charge in [0.15, 0.2) is 11.5 Å². The van der Waals surface area contributed by atoms with E-state index in [0.29, 0.717) is 31.9 Å². The van der Waals surface area contributed by atoms with Crippen molar-refractivity contribution in [2.75, 3.05) is 26.3 Å². The van der Waals surface area contributed by atoms with E-state index in [2.05, 4.69) is 0 Å². The molecule has 1 aromatic carbocycles.